The van der Waals surface area contributed by atoms with E-state index in [2.05, 4.69) is 0 Å². The Morgan fingerprint density at radius 3 is 2.53 bits per heavy atom. The average molecular weight is 247 g/mol. The van der Waals surface area contributed by atoms with E-state index in [-0.39, 0.29) is 17.1 Å². The third-order valence-electron chi connectivity index (χ3n) is 2.59. The van der Waals surface area contributed by atoms with Crippen LogP contribution in [0.2, 0.25) is 5.02 Å². The van der Waals surface area contributed by atoms with E-state index < -0.39 is 0 Å². The number of hydrogen-bond donors (Lipinski definition) is 1. The maximum Gasteiger partial charge on any atom is 0.197 e. The molecule has 0 fully saturated rings. The van der Waals surface area contributed by atoms with Crippen molar-refractivity contribution >= 4 is 17.4 Å². The zero-order chi connectivity index (χ0) is 12.4. The first-order valence-electron chi connectivity index (χ1n) is 5.18. The molecule has 0 aliphatic carbocycles. The summed E-state index contributed by atoms with van der Waals surface area (Å²) in [4.78, 5) is 12.2. The van der Waals surface area contributed by atoms with Crippen LogP contribution in [-0.2, 0) is 0 Å². The molecule has 3 heteroatoms. The lowest BCUT2D eigenvalue weighted by molar-refractivity contribution is 0.103. The van der Waals surface area contributed by atoms with Crippen molar-refractivity contribution in [3.8, 4) is 5.75 Å². The summed E-state index contributed by atoms with van der Waals surface area (Å²) in [5, 5.41) is 10.1. The van der Waals surface area contributed by atoms with Crippen LogP contribution >= 0.6 is 11.6 Å². The molecule has 17 heavy (non-hydrogen) atoms. The van der Waals surface area contributed by atoms with Crippen LogP contribution in [0.4, 0.5) is 0 Å². The van der Waals surface area contributed by atoms with Gasteiger partial charge in [0.25, 0.3) is 0 Å². The van der Waals surface area contributed by atoms with Crippen LogP contribution in [0, 0.1) is 6.92 Å². The second-order valence-electron chi connectivity index (χ2n) is 3.81. The van der Waals surface area contributed by atoms with E-state index in [4.69, 9.17) is 11.6 Å². The highest BCUT2D eigenvalue weighted by Gasteiger charge is 2.15. The molecule has 0 amide bonds. The Morgan fingerprint density at radius 2 is 1.82 bits per heavy atom. The van der Waals surface area contributed by atoms with Crippen molar-refractivity contribution in [2.45, 2.75) is 6.92 Å². The maximum absolute atomic E-state index is 12.2. The summed E-state index contributed by atoms with van der Waals surface area (Å²) in [7, 11) is 0. The molecule has 0 aliphatic rings. The molecule has 0 heterocycles. The number of phenolic OH excluding ortho intramolecular Hbond substituents is 1. The zero-order valence-corrected chi connectivity index (χ0v) is 10.0. The van der Waals surface area contributed by atoms with E-state index in [0.29, 0.717) is 10.6 Å². The Bertz CT molecular complexity index is 576. The Hall–Kier alpha value is -1.80. The second-order valence-corrected chi connectivity index (χ2v) is 4.24. The van der Waals surface area contributed by atoms with Crippen molar-refractivity contribution < 1.29 is 9.90 Å². The summed E-state index contributed by atoms with van der Waals surface area (Å²) in [5.74, 6) is -0.272. The van der Waals surface area contributed by atoms with Gasteiger partial charge in [0.2, 0.25) is 0 Å². The highest BCUT2D eigenvalue weighted by atomic mass is 35.5. The predicted octanol–water partition coefficient (Wildman–Crippen LogP) is 3.59. The van der Waals surface area contributed by atoms with Gasteiger partial charge in [-0.25, -0.2) is 0 Å². The van der Waals surface area contributed by atoms with Crippen molar-refractivity contribution in [1.29, 1.82) is 0 Å². The number of hydrogen-bond acceptors (Lipinski definition) is 2. The van der Waals surface area contributed by atoms with Gasteiger partial charge >= 0.3 is 0 Å². The molecule has 0 radical (unpaired) electrons. The number of carbonyl (C=O) groups is 1. The van der Waals surface area contributed by atoms with Gasteiger partial charge < -0.3 is 5.11 Å². The standard InChI is InChI=1S/C14H11ClO2/c1-9-4-2-3-5-11(9)14(17)12-8-10(15)6-7-13(12)16/h2-8,16H,1H3. The van der Waals surface area contributed by atoms with Crippen LogP contribution in [0.25, 0.3) is 0 Å². The molecule has 2 aromatic rings. The van der Waals surface area contributed by atoms with Crippen LogP contribution in [0.1, 0.15) is 21.5 Å². The number of aryl methyl sites for hydroxylation is 1. The van der Waals surface area contributed by atoms with Crippen molar-refractivity contribution in [1.82, 2.24) is 0 Å². The fourth-order valence-corrected chi connectivity index (χ4v) is 1.83. The number of halogens is 1. The largest absolute Gasteiger partial charge is 0.507 e. The third kappa shape index (κ3) is 2.32. The van der Waals surface area contributed by atoms with E-state index in [1.807, 2.05) is 19.1 Å². The lowest BCUT2D eigenvalue weighted by Gasteiger charge is -2.06. The SMILES string of the molecule is Cc1ccccc1C(=O)c1cc(Cl)ccc1O. The summed E-state index contributed by atoms with van der Waals surface area (Å²) in [6.45, 7) is 1.86. The first-order valence-corrected chi connectivity index (χ1v) is 5.56. The Morgan fingerprint density at radius 1 is 1.12 bits per heavy atom. The Balaban J connectivity index is 2.51. The lowest BCUT2D eigenvalue weighted by atomic mass is 9.99. The minimum atomic E-state index is -0.219. The van der Waals surface area contributed by atoms with Gasteiger partial charge in [0.05, 0.1) is 5.56 Å². The van der Waals surface area contributed by atoms with Crippen LogP contribution in [0.5, 0.6) is 5.75 Å². The Labute approximate surface area is 104 Å². The fourth-order valence-electron chi connectivity index (χ4n) is 1.66. The van der Waals surface area contributed by atoms with Crippen LogP contribution < -0.4 is 0 Å². The smallest absolute Gasteiger partial charge is 0.197 e. The maximum atomic E-state index is 12.2. The first-order chi connectivity index (χ1) is 8.09. The summed E-state index contributed by atoms with van der Waals surface area (Å²) >= 11 is 5.82. The highest BCUT2D eigenvalue weighted by molar-refractivity contribution is 6.31. The van der Waals surface area contributed by atoms with E-state index in [1.54, 1.807) is 18.2 Å². The van der Waals surface area contributed by atoms with Crippen LogP contribution in [0.15, 0.2) is 42.5 Å². The molecular weight excluding hydrogens is 236 g/mol. The molecule has 0 unspecified atom stereocenters. The summed E-state index contributed by atoms with van der Waals surface area (Å²) in [5.41, 5.74) is 1.67. The Kier molecular flexibility index (Phi) is 3.16. The fraction of sp³-hybridized carbons (Fsp3) is 0.0714. The van der Waals surface area contributed by atoms with Gasteiger partial charge in [-0.05, 0) is 30.7 Å². The molecule has 0 saturated carbocycles. The quantitative estimate of drug-likeness (QED) is 0.823. The van der Waals surface area contributed by atoms with Crippen LogP contribution in [-0.4, -0.2) is 10.9 Å². The van der Waals surface area contributed by atoms with Crippen molar-refractivity contribution in [3.63, 3.8) is 0 Å². The molecule has 0 aliphatic heterocycles. The number of ketones is 1. The van der Waals surface area contributed by atoms with E-state index in [1.165, 1.54) is 12.1 Å². The normalized spacial score (nSPS) is 10.2. The molecule has 0 saturated heterocycles. The molecular formula is C14H11ClO2. The molecule has 0 bridgehead atoms. The number of carbonyl (C=O) groups excluding carboxylic acids is 1. The average Bonchev–Trinajstić information content (AvgIpc) is 2.32. The van der Waals surface area contributed by atoms with Gasteiger partial charge in [0.15, 0.2) is 5.78 Å². The number of rotatable bonds is 2. The lowest BCUT2D eigenvalue weighted by Crippen LogP contribution is -2.03. The van der Waals surface area contributed by atoms with Crippen molar-refractivity contribution in [2.24, 2.45) is 0 Å². The van der Waals surface area contributed by atoms with Crippen molar-refractivity contribution in [2.75, 3.05) is 0 Å². The van der Waals surface area contributed by atoms with Gasteiger partial charge in [-0.15, -0.1) is 0 Å². The molecule has 0 atom stereocenters. The third-order valence-corrected chi connectivity index (χ3v) is 2.83. The van der Waals surface area contributed by atoms with Crippen molar-refractivity contribution in [3.05, 3.63) is 64.2 Å². The molecule has 2 nitrogen and oxygen atoms in total. The molecule has 1 N–H and O–H groups in total. The van der Waals surface area contributed by atoms with Gasteiger partial charge in [-0.1, -0.05) is 35.9 Å². The molecule has 86 valence electrons. The number of aromatic hydroxyl groups is 1. The number of benzene rings is 2. The summed E-state index contributed by atoms with van der Waals surface area (Å²) in [6.07, 6.45) is 0. The van der Waals surface area contributed by atoms with Gasteiger partial charge in [-0.3, -0.25) is 4.79 Å². The highest BCUT2D eigenvalue weighted by Crippen LogP contribution is 2.25. The predicted molar refractivity (Wildman–Crippen MR) is 67.7 cm³/mol. The molecule has 2 aromatic carbocycles. The minimum Gasteiger partial charge on any atom is -0.507 e. The summed E-state index contributed by atoms with van der Waals surface area (Å²) in [6, 6.07) is 11.7. The molecule has 0 spiro atoms. The topological polar surface area (TPSA) is 37.3 Å². The van der Waals surface area contributed by atoms with E-state index >= 15 is 0 Å². The van der Waals surface area contributed by atoms with E-state index in [9.17, 15) is 9.90 Å². The molecule has 2 rings (SSSR count). The van der Waals surface area contributed by atoms with Gasteiger partial charge in [0.1, 0.15) is 5.75 Å². The number of phenols is 1. The monoisotopic (exact) mass is 246 g/mol. The molecule has 0 aromatic heterocycles. The summed E-state index contributed by atoms with van der Waals surface area (Å²) < 4.78 is 0. The van der Waals surface area contributed by atoms with Gasteiger partial charge in [-0.2, -0.15) is 0 Å². The zero-order valence-electron chi connectivity index (χ0n) is 9.27. The van der Waals surface area contributed by atoms with Gasteiger partial charge in [0, 0.05) is 10.6 Å². The second kappa shape index (κ2) is 4.60. The minimum absolute atomic E-state index is 0.0531. The van der Waals surface area contributed by atoms with E-state index in [0.717, 1.165) is 5.56 Å². The van der Waals surface area contributed by atoms with Crippen LogP contribution in [0.3, 0.4) is 0 Å². The first kappa shape index (κ1) is 11.7.